The first kappa shape index (κ1) is 12.0. The Kier molecular flexibility index (Phi) is 2.45. The lowest BCUT2D eigenvalue weighted by atomic mass is 9.38. The lowest BCUT2D eigenvalue weighted by molar-refractivity contribution is -0.168. The third kappa shape index (κ3) is 1.34. The molecule has 2 N–H and O–H groups in total. The summed E-state index contributed by atoms with van der Waals surface area (Å²) in [6, 6.07) is 0.685. The minimum absolute atomic E-state index is 0.447. The van der Waals surface area contributed by atoms with Crippen LogP contribution in [0.3, 0.4) is 0 Å². The van der Waals surface area contributed by atoms with E-state index in [0.717, 1.165) is 24.3 Å². The molecular weight excluding hydrogens is 208 g/mol. The van der Waals surface area contributed by atoms with Crippen LogP contribution >= 0.6 is 0 Å². The van der Waals surface area contributed by atoms with Crippen LogP contribution in [0.1, 0.15) is 40.5 Å². The third-order valence-electron chi connectivity index (χ3n) is 6.61. The lowest BCUT2D eigenvalue weighted by Gasteiger charge is -2.66. The second kappa shape index (κ2) is 3.48. The van der Waals surface area contributed by atoms with Gasteiger partial charge in [-0.15, -0.1) is 0 Å². The first-order valence-electron chi connectivity index (χ1n) is 7.36. The Morgan fingerprint density at radius 1 is 1.24 bits per heavy atom. The number of hydrogen-bond donors (Lipinski definition) is 1. The van der Waals surface area contributed by atoms with Gasteiger partial charge >= 0.3 is 0 Å². The zero-order chi connectivity index (χ0) is 12.4. The fourth-order valence-electron chi connectivity index (χ4n) is 5.24. The van der Waals surface area contributed by atoms with Gasteiger partial charge in [0.1, 0.15) is 0 Å². The maximum absolute atomic E-state index is 6.25. The van der Waals surface area contributed by atoms with Crippen molar-refractivity contribution in [2.24, 2.45) is 34.3 Å². The largest absolute Gasteiger partial charge is 0.330 e. The molecule has 4 aliphatic rings. The van der Waals surface area contributed by atoms with Gasteiger partial charge in [0.15, 0.2) is 0 Å². The van der Waals surface area contributed by atoms with Crippen molar-refractivity contribution in [3.8, 4) is 0 Å². The van der Waals surface area contributed by atoms with Crippen LogP contribution in [0.4, 0.5) is 0 Å². The molecule has 4 atom stereocenters. The minimum Gasteiger partial charge on any atom is -0.330 e. The van der Waals surface area contributed by atoms with Crippen LogP contribution in [-0.4, -0.2) is 30.6 Å². The number of likely N-dealkylation sites (tertiary alicyclic amines) is 1. The molecular formula is C15H28N2. The fraction of sp³-hybridized carbons (Fsp3) is 1.00. The summed E-state index contributed by atoms with van der Waals surface area (Å²) >= 11 is 0. The Hall–Kier alpha value is -0.0800. The van der Waals surface area contributed by atoms with Gasteiger partial charge < -0.3 is 10.6 Å². The van der Waals surface area contributed by atoms with Gasteiger partial charge in [0, 0.05) is 24.5 Å². The van der Waals surface area contributed by atoms with Crippen molar-refractivity contribution < 1.29 is 0 Å². The number of rotatable bonds is 2. The standard InChI is InChI=1S/C15H28N2/c1-10(2)17-7-12-5-11-6-13(14(11,3)4)15(12,8-16)9-17/h10-13H,5-9,16H2,1-4H3. The van der Waals surface area contributed by atoms with Crippen molar-refractivity contribution >= 4 is 0 Å². The summed E-state index contributed by atoms with van der Waals surface area (Å²) < 4.78 is 0. The van der Waals surface area contributed by atoms with Crippen LogP contribution in [0, 0.1) is 28.6 Å². The second-order valence-corrected chi connectivity index (χ2v) is 7.70. The maximum Gasteiger partial charge on any atom is 0.00589 e. The van der Waals surface area contributed by atoms with Crippen LogP contribution in [0.25, 0.3) is 0 Å². The zero-order valence-electron chi connectivity index (χ0n) is 11.9. The summed E-state index contributed by atoms with van der Waals surface area (Å²) in [5.74, 6) is 2.74. The quantitative estimate of drug-likeness (QED) is 0.797. The van der Waals surface area contributed by atoms with Gasteiger partial charge in [-0.05, 0) is 56.4 Å². The Bertz CT molecular complexity index is 323. The van der Waals surface area contributed by atoms with Crippen molar-refractivity contribution in [3.05, 3.63) is 0 Å². The van der Waals surface area contributed by atoms with E-state index in [1.54, 1.807) is 0 Å². The molecule has 2 nitrogen and oxygen atoms in total. The minimum atomic E-state index is 0.447. The van der Waals surface area contributed by atoms with Crippen LogP contribution in [0.5, 0.6) is 0 Å². The van der Waals surface area contributed by atoms with Crippen molar-refractivity contribution in [3.63, 3.8) is 0 Å². The lowest BCUT2D eigenvalue weighted by Crippen LogP contribution is -2.63. The van der Waals surface area contributed by atoms with E-state index in [2.05, 4.69) is 32.6 Å². The number of hydrogen-bond acceptors (Lipinski definition) is 2. The highest BCUT2D eigenvalue weighted by Gasteiger charge is 2.66. The molecule has 4 rings (SSSR count). The highest BCUT2D eigenvalue weighted by molar-refractivity contribution is 5.16. The molecule has 17 heavy (non-hydrogen) atoms. The van der Waals surface area contributed by atoms with Crippen LogP contribution in [0.2, 0.25) is 0 Å². The summed E-state index contributed by atoms with van der Waals surface area (Å²) in [5.41, 5.74) is 7.26. The third-order valence-corrected chi connectivity index (χ3v) is 6.61. The second-order valence-electron chi connectivity index (χ2n) is 7.70. The van der Waals surface area contributed by atoms with Gasteiger partial charge in [0.05, 0.1) is 0 Å². The van der Waals surface area contributed by atoms with Crippen molar-refractivity contribution in [1.82, 2.24) is 4.90 Å². The van der Waals surface area contributed by atoms with Crippen molar-refractivity contribution in [1.29, 1.82) is 0 Å². The van der Waals surface area contributed by atoms with E-state index in [4.69, 9.17) is 5.73 Å². The molecule has 1 aliphatic heterocycles. The van der Waals surface area contributed by atoms with E-state index in [0.29, 0.717) is 16.9 Å². The Morgan fingerprint density at radius 2 is 1.94 bits per heavy atom. The summed E-state index contributed by atoms with van der Waals surface area (Å²) in [5, 5.41) is 0. The van der Waals surface area contributed by atoms with Gasteiger partial charge in [0.25, 0.3) is 0 Å². The molecule has 98 valence electrons. The van der Waals surface area contributed by atoms with E-state index in [1.165, 1.54) is 25.9 Å². The number of nitrogens with zero attached hydrogens (tertiary/aromatic N) is 1. The Morgan fingerprint density at radius 3 is 2.47 bits per heavy atom. The normalized spacial score (nSPS) is 48.0. The molecule has 0 aromatic rings. The molecule has 0 aromatic carbocycles. The van der Waals surface area contributed by atoms with E-state index in [9.17, 15) is 0 Å². The molecule has 2 heteroatoms. The highest BCUT2D eigenvalue weighted by atomic mass is 15.2. The van der Waals surface area contributed by atoms with Gasteiger partial charge in [-0.1, -0.05) is 13.8 Å². The summed E-state index contributed by atoms with van der Waals surface area (Å²) in [6.45, 7) is 13.1. The smallest absolute Gasteiger partial charge is 0.00589 e. The monoisotopic (exact) mass is 236 g/mol. The molecule has 2 bridgehead atoms. The van der Waals surface area contributed by atoms with Crippen molar-refractivity contribution in [2.75, 3.05) is 19.6 Å². The summed E-state index contributed by atoms with van der Waals surface area (Å²) in [6.07, 6.45) is 2.89. The molecule has 0 radical (unpaired) electrons. The molecule has 0 amide bonds. The average molecular weight is 236 g/mol. The molecule has 0 spiro atoms. The van der Waals surface area contributed by atoms with E-state index >= 15 is 0 Å². The first-order chi connectivity index (χ1) is 7.91. The van der Waals surface area contributed by atoms with Gasteiger partial charge in [0.2, 0.25) is 0 Å². The predicted octanol–water partition coefficient (Wildman–Crippen LogP) is 2.34. The van der Waals surface area contributed by atoms with Gasteiger partial charge in [-0.3, -0.25) is 0 Å². The fourth-order valence-corrected chi connectivity index (χ4v) is 5.24. The molecule has 3 aliphatic carbocycles. The zero-order valence-corrected chi connectivity index (χ0v) is 11.9. The van der Waals surface area contributed by atoms with Crippen LogP contribution in [0.15, 0.2) is 0 Å². The topological polar surface area (TPSA) is 29.3 Å². The van der Waals surface area contributed by atoms with E-state index in [-0.39, 0.29) is 0 Å². The van der Waals surface area contributed by atoms with Gasteiger partial charge in [-0.2, -0.15) is 0 Å². The maximum atomic E-state index is 6.25. The SMILES string of the molecule is CC(C)N1CC2CC3CC(C3(C)C)C2(CN)C1. The van der Waals surface area contributed by atoms with Crippen molar-refractivity contribution in [2.45, 2.75) is 46.6 Å². The molecule has 4 unspecified atom stereocenters. The predicted molar refractivity (Wildman–Crippen MR) is 71.7 cm³/mol. The summed E-state index contributed by atoms with van der Waals surface area (Å²) in [7, 11) is 0. The van der Waals surface area contributed by atoms with E-state index < -0.39 is 0 Å². The van der Waals surface area contributed by atoms with E-state index in [1.807, 2.05) is 0 Å². The molecule has 1 saturated heterocycles. The molecule has 3 saturated carbocycles. The molecule has 4 fully saturated rings. The van der Waals surface area contributed by atoms with Gasteiger partial charge in [-0.25, -0.2) is 0 Å². The summed E-state index contributed by atoms with van der Waals surface area (Å²) in [4.78, 5) is 2.67. The molecule has 1 heterocycles. The molecule has 0 aromatic heterocycles. The first-order valence-corrected chi connectivity index (χ1v) is 7.36. The Labute approximate surface area is 106 Å². The number of nitrogens with two attached hydrogens (primary N) is 1. The Balaban J connectivity index is 1.91. The van der Waals surface area contributed by atoms with Crippen LogP contribution in [-0.2, 0) is 0 Å². The van der Waals surface area contributed by atoms with Crippen LogP contribution < -0.4 is 5.73 Å². The highest BCUT2D eigenvalue weighted by Crippen LogP contribution is 2.69. The average Bonchev–Trinajstić information content (AvgIpc) is 2.68.